The molecule has 20 heavy (non-hydrogen) atoms. The van der Waals surface area contributed by atoms with Gasteiger partial charge in [0.15, 0.2) is 0 Å². The lowest BCUT2D eigenvalue weighted by molar-refractivity contribution is 0.190. The summed E-state index contributed by atoms with van der Waals surface area (Å²) >= 11 is 0. The van der Waals surface area contributed by atoms with Crippen molar-refractivity contribution in [3.05, 3.63) is 45.1 Å². The van der Waals surface area contributed by atoms with Crippen molar-refractivity contribution >= 4 is 10.9 Å². The van der Waals surface area contributed by atoms with Gasteiger partial charge in [-0.1, -0.05) is 19.1 Å². The number of likely N-dealkylation sites (tertiary alicyclic amines) is 1. The second kappa shape index (κ2) is 5.25. The number of fused-ring (bicyclic) bond motifs is 1. The van der Waals surface area contributed by atoms with Crippen molar-refractivity contribution in [2.45, 2.75) is 25.8 Å². The number of hydrogen-bond donors (Lipinski definition) is 1. The fourth-order valence-electron chi connectivity index (χ4n) is 3.00. The Morgan fingerprint density at radius 1 is 1.20 bits per heavy atom. The molecule has 0 amide bonds. The van der Waals surface area contributed by atoms with Crippen LogP contribution in [0.1, 0.15) is 25.8 Å². The quantitative estimate of drug-likeness (QED) is 0.898. The molecule has 0 radical (unpaired) electrons. The number of aromatic nitrogens is 2. The van der Waals surface area contributed by atoms with E-state index in [0.29, 0.717) is 10.9 Å². The van der Waals surface area contributed by atoms with E-state index >= 15 is 0 Å². The van der Waals surface area contributed by atoms with Gasteiger partial charge in [0.1, 0.15) is 0 Å². The molecule has 106 valence electrons. The molecule has 1 aliphatic rings. The van der Waals surface area contributed by atoms with Gasteiger partial charge in [-0.2, -0.15) is 0 Å². The molecule has 5 nitrogen and oxygen atoms in total. The van der Waals surface area contributed by atoms with E-state index in [1.165, 1.54) is 4.57 Å². The Kier molecular flexibility index (Phi) is 3.44. The van der Waals surface area contributed by atoms with Crippen molar-refractivity contribution in [2.24, 2.45) is 0 Å². The Morgan fingerprint density at radius 2 is 1.90 bits per heavy atom. The molecule has 5 heteroatoms. The minimum absolute atomic E-state index is 0.0126. The van der Waals surface area contributed by atoms with Crippen LogP contribution in [0.3, 0.4) is 0 Å². The summed E-state index contributed by atoms with van der Waals surface area (Å²) in [4.78, 5) is 29.9. The second-order valence-electron chi connectivity index (χ2n) is 5.32. The van der Waals surface area contributed by atoms with E-state index < -0.39 is 0 Å². The first-order valence-corrected chi connectivity index (χ1v) is 7.16. The van der Waals surface area contributed by atoms with Gasteiger partial charge < -0.3 is 9.88 Å². The largest absolute Gasteiger partial charge is 0.329 e. The van der Waals surface area contributed by atoms with Gasteiger partial charge in [0, 0.05) is 19.1 Å². The third kappa shape index (κ3) is 2.18. The van der Waals surface area contributed by atoms with Crippen LogP contribution in [0.4, 0.5) is 0 Å². The molecule has 1 N–H and O–H groups in total. The number of nitrogens with zero attached hydrogens (tertiary/aromatic N) is 2. The maximum atomic E-state index is 12.5. The highest BCUT2D eigenvalue weighted by Gasteiger charge is 2.22. The van der Waals surface area contributed by atoms with Crippen molar-refractivity contribution in [2.75, 3.05) is 19.6 Å². The van der Waals surface area contributed by atoms with Crippen molar-refractivity contribution in [3.63, 3.8) is 0 Å². The van der Waals surface area contributed by atoms with Crippen LogP contribution in [0, 0.1) is 0 Å². The number of benzene rings is 1. The monoisotopic (exact) mass is 273 g/mol. The van der Waals surface area contributed by atoms with Crippen molar-refractivity contribution < 1.29 is 0 Å². The first-order valence-electron chi connectivity index (χ1n) is 7.16. The fraction of sp³-hybridized carbons (Fsp3) is 0.467. The maximum Gasteiger partial charge on any atom is 0.329 e. The molecule has 1 saturated heterocycles. The van der Waals surface area contributed by atoms with E-state index in [1.54, 1.807) is 12.1 Å². The number of nitrogens with one attached hydrogen (secondary N) is 1. The van der Waals surface area contributed by atoms with E-state index in [2.05, 4.69) is 16.8 Å². The summed E-state index contributed by atoms with van der Waals surface area (Å²) in [5, 5.41) is 0.588. The standard InChI is InChI=1S/C15H19N3O2/c1-2-17-9-7-11(8-10-17)18-14(19)12-5-3-4-6-13(12)16-15(18)20/h3-6,11H,2,7-10H2,1H3,(H,16,20). The molecular weight excluding hydrogens is 254 g/mol. The van der Waals surface area contributed by atoms with Crippen molar-refractivity contribution in [1.29, 1.82) is 0 Å². The molecule has 0 saturated carbocycles. The molecule has 0 atom stereocenters. The third-order valence-electron chi connectivity index (χ3n) is 4.21. The van der Waals surface area contributed by atoms with Gasteiger partial charge >= 0.3 is 5.69 Å². The van der Waals surface area contributed by atoms with Gasteiger partial charge in [-0.25, -0.2) is 4.79 Å². The lowest BCUT2D eigenvalue weighted by Gasteiger charge is -2.31. The lowest BCUT2D eigenvalue weighted by Crippen LogP contribution is -2.43. The van der Waals surface area contributed by atoms with Gasteiger partial charge in [0.2, 0.25) is 0 Å². The van der Waals surface area contributed by atoms with E-state index in [9.17, 15) is 9.59 Å². The second-order valence-corrected chi connectivity index (χ2v) is 5.32. The molecule has 0 aliphatic carbocycles. The van der Waals surface area contributed by atoms with Gasteiger partial charge in [0.05, 0.1) is 10.9 Å². The summed E-state index contributed by atoms with van der Waals surface area (Å²) in [5.74, 6) is 0. The number of rotatable bonds is 2. The average molecular weight is 273 g/mol. The Morgan fingerprint density at radius 3 is 2.60 bits per heavy atom. The van der Waals surface area contributed by atoms with Crippen LogP contribution in [-0.2, 0) is 0 Å². The summed E-state index contributed by atoms with van der Waals surface area (Å²) < 4.78 is 1.41. The van der Waals surface area contributed by atoms with Crippen LogP contribution >= 0.6 is 0 Å². The van der Waals surface area contributed by atoms with Gasteiger partial charge in [-0.3, -0.25) is 9.36 Å². The topological polar surface area (TPSA) is 58.1 Å². The van der Waals surface area contributed by atoms with Crippen molar-refractivity contribution in [3.8, 4) is 0 Å². The molecule has 0 bridgehead atoms. The normalized spacial score (nSPS) is 17.6. The zero-order valence-electron chi connectivity index (χ0n) is 11.6. The van der Waals surface area contributed by atoms with E-state index in [0.717, 1.165) is 32.5 Å². The zero-order valence-corrected chi connectivity index (χ0v) is 11.6. The Bertz CT molecular complexity index is 724. The first kappa shape index (κ1) is 13.1. The molecule has 0 spiro atoms. The average Bonchev–Trinajstić information content (AvgIpc) is 2.48. The number of aromatic amines is 1. The predicted molar refractivity (Wildman–Crippen MR) is 79.2 cm³/mol. The minimum atomic E-state index is -0.288. The number of piperidine rings is 1. The molecule has 0 unspecified atom stereocenters. The SMILES string of the molecule is CCN1CCC(n2c(=O)[nH]c3ccccc3c2=O)CC1. The van der Waals surface area contributed by atoms with Gasteiger partial charge in [0.25, 0.3) is 5.56 Å². The van der Waals surface area contributed by atoms with Crippen molar-refractivity contribution in [1.82, 2.24) is 14.5 Å². The zero-order chi connectivity index (χ0) is 14.1. The summed E-state index contributed by atoms with van der Waals surface area (Å²) in [6.45, 7) is 5.05. The fourth-order valence-corrected chi connectivity index (χ4v) is 3.00. The first-order chi connectivity index (χ1) is 9.70. The lowest BCUT2D eigenvalue weighted by atomic mass is 10.0. The van der Waals surface area contributed by atoms with Crippen LogP contribution < -0.4 is 11.2 Å². The third-order valence-corrected chi connectivity index (χ3v) is 4.21. The molecule has 3 rings (SSSR count). The smallest absolute Gasteiger partial charge is 0.307 e. The van der Waals surface area contributed by atoms with Crippen LogP contribution in [0.15, 0.2) is 33.9 Å². The van der Waals surface area contributed by atoms with E-state index in [-0.39, 0.29) is 17.3 Å². The van der Waals surface area contributed by atoms with E-state index in [1.807, 2.05) is 12.1 Å². The summed E-state index contributed by atoms with van der Waals surface area (Å²) in [6, 6.07) is 7.19. The minimum Gasteiger partial charge on any atom is -0.307 e. The molecule has 2 aromatic rings. The highest BCUT2D eigenvalue weighted by Crippen LogP contribution is 2.19. The molecule has 1 fully saturated rings. The summed E-state index contributed by atoms with van der Waals surface area (Å²) in [7, 11) is 0. The highest BCUT2D eigenvalue weighted by atomic mass is 16.2. The number of hydrogen-bond acceptors (Lipinski definition) is 3. The Labute approximate surface area is 116 Å². The molecule has 1 aromatic carbocycles. The van der Waals surface area contributed by atoms with Gasteiger partial charge in [-0.15, -0.1) is 0 Å². The molecule has 2 heterocycles. The summed E-state index contributed by atoms with van der Waals surface area (Å²) in [6.07, 6.45) is 1.71. The maximum absolute atomic E-state index is 12.5. The highest BCUT2D eigenvalue weighted by molar-refractivity contribution is 5.76. The Balaban J connectivity index is 2.04. The number of H-pyrrole nitrogens is 1. The predicted octanol–water partition coefficient (Wildman–Crippen LogP) is 1.35. The Hall–Kier alpha value is -1.88. The van der Waals surface area contributed by atoms with E-state index in [4.69, 9.17) is 0 Å². The van der Waals surface area contributed by atoms with Crippen LogP contribution in [0.2, 0.25) is 0 Å². The van der Waals surface area contributed by atoms with Crippen LogP contribution in [0.5, 0.6) is 0 Å². The molecular formula is C15H19N3O2. The molecule has 1 aliphatic heterocycles. The number of para-hydroxylation sites is 1. The van der Waals surface area contributed by atoms with Gasteiger partial charge in [-0.05, 0) is 31.5 Å². The van der Waals surface area contributed by atoms with Crippen LogP contribution in [0.25, 0.3) is 10.9 Å². The molecule has 1 aromatic heterocycles. The summed E-state index contributed by atoms with van der Waals surface area (Å²) in [5.41, 5.74) is 0.160. The van der Waals surface area contributed by atoms with Crippen LogP contribution in [-0.4, -0.2) is 34.1 Å².